The first-order valence-electron chi connectivity index (χ1n) is 14.4. The molecule has 0 spiro atoms. The highest BCUT2D eigenvalue weighted by Gasteiger charge is 2.68. The average molecular weight is 467 g/mol. The molecular formula is C32H50O2. The van der Waals surface area contributed by atoms with Gasteiger partial charge < -0.3 is 4.74 Å². The second-order valence-electron chi connectivity index (χ2n) is 14.5. The third-order valence-electron chi connectivity index (χ3n) is 12.9. The summed E-state index contributed by atoms with van der Waals surface area (Å²) in [4.78, 5) is 11.9. The number of carbonyl (C=O) groups is 1. The summed E-state index contributed by atoms with van der Waals surface area (Å²) in [5, 5.41) is 0. The third kappa shape index (κ3) is 3.21. The van der Waals surface area contributed by atoms with Gasteiger partial charge in [-0.15, -0.1) is 0 Å². The molecule has 34 heavy (non-hydrogen) atoms. The number of hydrogen-bond donors (Lipinski definition) is 0. The second-order valence-corrected chi connectivity index (χ2v) is 14.5. The largest absolute Gasteiger partial charge is 0.462 e. The van der Waals surface area contributed by atoms with Crippen molar-refractivity contribution in [2.45, 2.75) is 119 Å². The van der Waals surface area contributed by atoms with Crippen LogP contribution in [0.5, 0.6) is 0 Å². The molecule has 0 aromatic carbocycles. The highest BCUT2D eigenvalue weighted by Crippen LogP contribution is 2.75. The zero-order chi connectivity index (χ0) is 24.7. The predicted molar refractivity (Wildman–Crippen MR) is 140 cm³/mol. The summed E-state index contributed by atoms with van der Waals surface area (Å²) in [6.45, 7) is 21.2. The van der Waals surface area contributed by atoms with Crippen LogP contribution in [0, 0.1) is 51.2 Å². The molecule has 4 fully saturated rings. The van der Waals surface area contributed by atoms with Crippen molar-refractivity contribution in [3.05, 3.63) is 23.8 Å². The van der Waals surface area contributed by atoms with E-state index in [1.54, 1.807) is 12.5 Å². The van der Waals surface area contributed by atoms with Crippen LogP contribution in [0.15, 0.2) is 23.8 Å². The summed E-state index contributed by atoms with van der Waals surface area (Å²) in [5.41, 5.74) is 4.41. The smallest absolute Gasteiger partial charge is 0.302 e. The quantitative estimate of drug-likeness (QED) is 0.301. The molecule has 0 amide bonds. The van der Waals surface area contributed by atoms with Gasteiger partial charge in [-0.1, -0.05) is 58.4 Å². The summed E-state index contributed by atoms with van der Waals surface area (Å²) < 4.78 is 5.91. The van der Waals surface area contributed by atoms with E-state index in [9.17, 15) is 4.79 Å². The molecule has 4 saturated carbocycles. The van der Waals surface area contributed by atoms with Crippen molar-refractivity contribution in [2.75, 3.05) is 0 Å². The highest BCUT2D eigenvalue weighted by atomic mass is 16.5. The lowest BCUT2D eigenvalue weighted by atomic mass is 9.33. The minimum atomic E-state index is -0.110. The van der Waals surface area contributed by atoms with Crippen molar-refractivity contribution < 1.29 is 9.53 Å². The molecule has 9 atom stereocenters. The fourth-order valence-corrected chi connectivity index (χ4v) is 11.2. The van der Waals surface area contributed by atoms with Gasteiger partial charge in [-0.05, 0) is 117 Å². The highest BCUT2D eigenvalue weighted by molar-refractivity contribution is 5.66. The molecule has 0 heterocycles. The van der Waals surface area contributed by atoms with E-state index in [1.165, 1.54) is 63.4 Å². The van der Waals surface area contributed by atoms with Crippen LogP contribution in [0.25, 0.3) is 0 Å². The molecule has 0 aromatic heterocycles. The van der Waals surface area contributed by atoms with Gasteiger partial charge in [0, 0.05) is 12.3 Å². The van der Waals surface area contributed by atoms with Gasteiger partial charge in [-0.25, -0.2) is 0 Å². The Bertz CT molecular complexity index is 897. The van der Waals surface area contributed by atoms with Crippen LogP contribution in [0.2, 0.25) is 0 Å². The van der Waals surface area contributed by atoms with Crippen molar-refractivity contribution in [1.29, 1.82) is 0 Å². The normalized spacial score (nSPS) is 49.4. The molecule has 190 valence electrons. The van der Waals surface area contributed by atoms with Gasteiger partial charge >= 0.3 is 5.97 Å². The van der Waals surface area contributed by atoms with Crippen molar-refractivity contribution in [3.63, 3.8) is 0 Å². The zero-order valence-electron chi connectivity index (χ0n) is 23.1. The number of ether oxygens (including phenoxy) is 1. The van der Waals surface area contributed by atoms with E-state index in [1.807, 2.05) is 0 Å². The summed E-state index contributed by atoms with van der Waals surface area (Å²) in [6.07, 6.45) is 15.6. The first kappa shape index (κ1) is 24.6. The molecule has 2 nitrogen and oxygen atoms in total. The van der Waals surface area contributed by atoms with Gasteiger partial charge in [-0.3, -0.25) is 4.79 Å². The molecule has 5 aliphatic carbocycles. The lowest BCUT2D eigenvalue weighted by Crippen LogP contribution is -2.66. The maximum absolute atomic E-state index is 11.9. The summed E-state index contributed by atoms with van der Waals surface area (Å²) >= 11 is 0. The molecular weight excluding hydrogens is 416 g/mol. The summed E-state index contributed by atoms with van der Waals surface area (Å²) in [7, 11) is 0. The Morgan fingerprint density at radius 3 is 2.32 bits per heavy atom. The molecule has 0 bridgehead atoms. The second kappa shape index (κ2) is 7.97. The fourth-order valence-electron chi connectivity index (χ4n) is 11.2. The van der Waals surface area contributed by atoms with Crippen LogP contribution < -0.4 is 0 Å². The van der Waals surface area contributed by atoms with Crippen molar-refractivity contribution >= 4 is 5.97 Å². The lowest BCUT2D eigenvalue weighted by molar-refractivity contribution is -0.238. The zero-order valence-corrected chi connectivity index (χ0v) is 23.1. The molecule has 0 saturated heterocycles. The van der Waals surface area contributed by atoms with E-state index in [0.717, 1.165) is 24.2 Å². The van der Waals surface area contributed by atoms with Gasteiger partial charge in [0.15, 0.2) is 0 Å². The number of carbonyl (C=O) groups excluding carboxylic acids is 1. The van der Waals surface area contributed by atoms with Crippen molar-refractivity contribution in [2.24, 2.45) is 51.2 Å². The minimum Gasteiger partial charge on any atom is -0.462 e. The van der Waals surface area contributed by atoms with Crippen LogP contribution in [-0.4, -0.2) is 12.1 Å². The van der Waals surface area contributed by atoms with Crippen LogP contribution >= 0.6 is 0 Å². The monoisotopic (exact) mass is 466 g/mol. The van der Waals surface area contributed by atoms with Crippen LogP contribution in [0.1, 0.15) is 113 Å². The van der Waals surface area contributed by atoms with E-state index < -0.39 is 0 Å². The Hall–Kier alpha value is -1.05. The van der Waals surface area contributed by atoms with Gasteiger partial charge in [0.1, 0.15) is 6.10 Å². The number of fused-ring (bicyclic) bond motifs is 7. The molecule has 0 aliphatic heterocycles. The van der Waals surface area contributed by atoms with E-state index in [-0.39, 0.29) is 17.5 Å². The Balaban J connectivity index is 1.50. The first-order chi connectivity index (χ1) is 15.9. The molecule has 5 aliphatic rings. The number of hydrogen-bond acceptors (Lipinski definition) is 2. The van der Waals surface area contributed by atoms with E-state index in [2.05, 4.69) is 54.2 Å². The van der Waals surface area contributed by atoms with Gasteiger partial charge in [-0.2, -0.15) is 0 Å². The van der Waals surface area contributed by atoms with Crippen LogP contribution in [-0.2, 0) is 9.53 Å². The lowest BCUT2D eigenvalue weighted by Gasteiger charge is -2.72. The maximum atomic E-state index is 11.9. The Labute approximate surface area is 209 Å². The maximum Gasteiger partial charge on any atom is 0.302 e. The number of rotatable bonds is 2. The molecule has 2 heteroatoms. The number of esters is 1. The Morgan fingerprint density at radius 1 is 0.912 bits per heavy atom. The van der Waals surface area contributed by atoms with E-state index >= 15 is 0 Å². The fraction of sp³-hybridized carbons (Fsp3) is 0.844. The molecule has 0 radical (unpaired) electrons. The summed E-state index contributed by atoms with van der Waals surface area (Å²) in [6, 6.07) is 0. The van der Waals surface area contributed by atoms with Crippen LogP contribution in [0.3, 0.4) is 0 Å². The Kier molecular flexibility index (Phi) is 5.78. The molecule has 0 aromatic rings. The van der Waals surface area contributed by atoms with Gasteiger partial charge in [0.25, 0.3) is 0 Å². The van der Waals surface area contributed by atoms with E-state index in [4.69, 9.17) is 4.74 Å². The average Bonchev–Trinajstić information content (AvgIpc) is 2.75. The van der Waals surface area contributed by atoms with Crippen LogP contribution in [0.4, 0.5) is 0 Å². The summed E-state index contributed by atoms with van der Waals surface area (Å²) in [5.74, 6) is 3.53. The molecule has 0 unspecified atom stereocenters. The van der Waals surface area contributed by atoms with Crippen molar-refractivity contribution in [3.8, 4) is 0 Å². The topological polar surface area (TPSA) is 26.3 Å². The molecule has 5 rings (SSSR count). The Morgan fingerprint density at radius 2 is 1.65 bits per heavy atom. The van der Waals surface area contributed by atoms with E-state index in [0.29, 0.717) is 28.1 Å². The standard InChI is InChI=1S/C32H50O2/c1-20(2)23-11-9-10-22-14-18-31(7)24(28(22)23)12-13-26-30(6)17-16-27(34-21(3)33)29(4,5)25(30)15-19-32(26,31)8/h10,23-28H,1,9,11-19H2,2-8H3/t23-,24+,25+,26+,27-,28-,30-,31+,32+/m0/s1. The van der Waals surface area contributed by atoms with Crippen molar-refractivity contribution in [1.82, 2.24) is 0 Å². The first-order valence-corrected chi connectivity index (χ1v) is 14.4. The predicted octanol–water partition coefficient (Wildman–Crippen LogP) is 8.52. The van der Waals surface area contributed by atoms with Gasteiger partial charge in [0.05, 0.1) is 0 Å². The van der Waals surface area contributed by atoms with Gasteiger partial charge in [0.2, 0.25) is 0 Å². The third-order valence-corrected chi connectivity index (χ3v) is 12.9. The molecule has 0 N–H and O–H groups in total. The SMILES string of the molecule is C=C(C)[C@@H]1CCC=C2CC[C@]3(C)[C@H](CC[C@@H]4[C@@]5(C)CC[C@H](OC(C)=O)C(C)(C)[C@H]5CC[C@]43C)[C@@H]21. The number of allylic oxidation sites excluding steroid dienone is 3. The minimum absolute atomic E-state index is 0.0502.